The van der Waals surface area contributed by atoms with Crippen molar-refractivity contribution in [2.24, 2.45) is 0 Å². The molecule has 0 fully saturated rings. The minimum Gasteiger partial charge on any atom is -0.359 e. The summed E-state index contributed by atoms with van der Waals surface area (Å²) in [5.74, 6) is 0.828. The van der Waals surface area contributed by atoms with Crippen LogP contribution in [0.5, 0.6) is 0 Å². The molecule has 1 aromatic heterocycles. The van der Waals surface area contributed by atoms with Crippen LogP contribution < -0.4 is 10.6 Å². The van der Waals surface area contributed by atoms with E-state index in [1.165, 1.54) is 11.5 Å². The molecule has 112 valence electrons. The summed E-state index contributed by atoms with van der Waals surface area (Å²) in [7, 11) is 0. The van der Waals surface area contributed by atoms with Crippen LogP contribution in [-0.2, 0) is 6.42 Å². The number of aryl methyl sites for hydroxylation is 2. The number of anilines is 1. The summed E-state index contributed by atoms with van der Waals surface area (Å²) in [6, 6.07) is 7.53. The molecule has 0 saturated carbocycles. The maximum Gasteiger partial charge on any atom is 0.251 e. The number of hydrogen-bond acceptors (Lipinski definition) is 5. The third-order valence-corrected chi connectivity index (χ3v) is 3.65. The first-order valence-corrected chi connectivity index (χ1v) is 7.87. The van der Waals surface area contributed by atoms with Crippen molar-refractivity contribution in [1.29, 1.82) is 0 Å². The molecule has 1 heterocycles. The number of benzene rings is 1. The summed E-state index contributed by atoms with van der Waals surface area (Å²) in [5, 5.41) is 6.85. The molecule has 2 rings (SSSR count). The summed E-state index contributed by atoms with van der Waals surface area (Å²) < 4.78 is 4.26. The molecule has 0 bridgehead atoms. The molecule has 0 aliphatic carbocycles. The van der Waals surface area contributed by atoms with Crippen LogP contribution in [0.2, 0.25) is 0 Å². The highest BCUT2D eigenvalue weighted by molar-refractivity contribution is 7.09. The number of rotatable bonds is 7. The lowest BCUT2D eigenvalue weighted by Crippen LogP contribution is -2.28. The molecule has 6 heteroatoms. The van der Waals surface area contributed by atoms with E-state index in [1.54, 1.807) is 0 Å². The molecule has 2 N–H and O–H groups in total. The largest absolute Gasteiger partial charge is 0.359 e. The predicted octanol–water partition coefficient (Wildman–Crippen LogP) is 2.64. The summed E-state index contributed by atoms with van der Waals surface area (Å²) in [6.45, 7) is 5.29. The maximum atomic E-state index is 11.9. The van der Waals surface area contributed by atoms with Gasteiger partial charge in [0.25, 0.3) is 5.91 Å². The van der Waals surface area contributed by atoms with E-state index < -0.39 is 0 Å². The van der Waals surface area contributed by atoms with Gasteiger partial charge in [0.15, 0.2) is 0 Å². The lowest BCUT2D eigenvalue weighted by molar-refractivity contribution is 0.0955. The molecule has 0 saturated heterocycles. The lowest BCUT2D eigenvalue weighted by atomic mass is 10.1. The zero-order chi connectivity index (χ0) is 15.1. The number of carbonyl (C=O) groups excluding carboxylic acids is 1. The van der Waals surface area contributed by atoms with Gasteiger partial charge in [-0.05, 0) is 25.5 Å². The fourth-order valence-corrected chi connectivity index (χ4v) is 2.44. The second-order valence-electron chi connectivity index (χ2n) is 4.81. The van der Waals surface area contributed by atoms with E-state index in [9.17, 15) is 4.79 Å². The molecule has 21 heavy (non-hydrogen) atoms. The highest BCUT2D eigenvalue weighted by Crippen LogP contribution is 2.11. The normalized spacial score (nSPS) is 10.4. The van der Waals surface area contributed by atoms with Crippen LogP contribution in [0, 0.1) is 6.92 Å². The Hall–Kier alpha value is -1.95. The van der Waals surface area contributed by atoms with Crippen LogP contribution >= 0.6 is 11.5 Å². The van der Waals surface area contributed by atoms with Gasteiger partial charge in [0.2, 0.25) is 5.13 Å². The first-order valence-electron chi connectivity index (χ1n) is 7.10. The fraction of sp³-hybridized carbons (Fsp3) is 0.400. The first-order chi connectivity index (χ1) is 10.2. The average molecular weight is 304 g/mol. The van der Waals surface area contributed by atoms with Gasteiger partial charge in [0.1, 0.15) is 5.82 Å². The number of carbonyl (C=O) groups is 1. The highest BCUT2D eigenvalue weighted by Gasteiger charge is 2.05. The number of nitrogens with one attached hydrogen (secondary N) is 2. The number of amides is 1. The van der Waals surface area contributed by atoms with Crippen LogP contribution in [0.1, 0.15) is 35.1 Å². The zero-order valence-corrected chi connectivity index (χ0v) is 13.2. The Balaban J connectivity index is 1.71. The van der Waals surface area contributed by atoms with Gasteiger partial charge < -0.3 is 10.6 Å². The lowest BCUT2D eigenvalue weighted by Gasteiger charge is -2.06. The van der Waals surface area contributed by atoms with Gasteiger partial charge in [-0.1, -0.05) is 24.6 Å². The molecule has 2 aromatic rings. The van der Waals surface area contributed by atoms with Crippen LogP contribution in [0.25, 0.3) is 0 Å². The molecular weight excluding hydrogens is 284 g/mol. The zero-order valence-electron chi connectivity index (χ0n) is 12.3. The third kappa shape index (κ3) is 4.82. The van der Waals surface area contributed by atoms with Gasteiger partial charge in [-0.15, -0.1) is 0 Å². The van der Waals surface area contributed by atoms with Crippen molar-refractivity contribution < 1.29 is 4.79 Å². The van der Waals surface area contributed by atoms with Crippen molar-refractivity contribution in [3.05, 3.63) is 41.2 Å². The van der Waals surface area contributed by atoms with Gasteiger partial charge in [-0.3, -0.25) is 4.79 Å². The Labute approximate surface area is 129 Å². The Morgan fingerprint density at radius 2 is 2.00 bits per heavy atom. The van der Waals surface area contributed by atoms with E-state index in [0.717, 1.165) is 29.4 Å². The average Bonchev–Trinajstić information content (AvgIpc) is 2.92. The van der Waals surface area contributed by atoms with Gasteiger partial charge in [-0.25, -0.2) is 4.98 Å². The number of nitrogens with zero attached hydrogens (tertiary/aromatic N) is 2. The Kier molecular flexibility index (Phi) is 5.68. The monoisotopic (exact) mass is 304 g/mol. The Bertz CT molecular complexity index is 580. The van der Waals surface area contributed by atoms with Crippen molar-refractivity contribution in [1.82, 2.24) is 14.7 Å². The summed E-state index contributed by atoms with van der Waals surface area (Å²) in [4.78, 5) is 16.3. The van der Waals surface area contributed by atoms with E-state index >= 15 is 0 Å². The van der Waals surface area contributed by atoms with Crippen LogP contribution in [0.15, 0.2) is 24.3 Å². The van der Waals surface area contributed by atoms with Crippen molar-refractivity contribution in [2.45, 2.75) is 26.7 Å². The van der Waals surface area contributed by atoms with Crippen molar-refractivity contribution in [2.75, 3.05) is 18.4 Å². The molecular formula is C15H20N4OS. The van der Waals surface area contributed by atoms with Gasteiger partial charge in [0, 0.05) is 36.6 Å². The fourth-order valence-electron chi connectivity index (χ4n) is 1.80. The quantitative estimate of drug-likeness (QED) is 0.772. The third-order valence-electron chi connectivity index (χ3n) is 2.94. The second kappa shape index (κ2) is 7.73. The second-order valence-corrected chi connectivity index (χ2v) is 5.57. The summed E-state index contributed by atoms with van der Waals surface area (Å²) >= 11 is 1.36. The van der Waals surface area contributed by atoms with E-state index in [1.807, 2.05) is 31.2 Å². The van der Waals surface area contributed by atoms with Crippen molar-refractivity contribution in [3.8, 4) is 0 Å². The van der Waals surface area contributed by atoms with Crippen LogP contribution in [0.3, 0.4) is 0 Å². The Morgan fingerprint density at radius 3 is 2.71 bits per heavy atom. The molecule has 0 aliphatic heterocycles. The standard InChI is InChI=1S/C15H20N4OS/c1-3-4-13-18-15(21-19-13)17-10-9-16-14(20)12-7-5-11(2)6-8-12/h5-8H,3-4,9-10H2,1-2H3,(H,16,20)(H,17,18,19). The predicted molar refractivity (Wildman–Crippen MR) is 85.9 cm³/mol. The van der Waals surface area contributed by atoms with Gasteiger partial charge in [0.05, 0.1) is 0 Å². The van der Waals surface area contributed by atoms with E-state index in [2.05, 4.69) is 26.9 Å². The molecule has 0 spiro atoms. The van der Waals surface area contributed by atoms with Crippen LogP contribution in [-0.4, -0.2) is 28.4 Å². The van der Waals surface area contributed by atoms with E-state index in [-0.39, 0.29) is 5.91 Å². The van der Waals surface area contributed by atoms with Crippen LogP contribution in [0.4, 0.5) is 5.13 Å². The molecule has 1 amide bonds. The molecule has 1 aromatic carbocycles. The summed E-state index contributed by atoms with van der Waals surface area (Å²) in [6.07, 6.45) is 1.95. The molecule has 0 radical (unpaired) electrons. The smallest absolute Gasteiger partial charge is 0.251 e. The minimum atomic E-state index is -0.0549. The van der Waals surface area contributed by atoms with Crippen molar-refractivity contribution >= 4 is 22.6 Å². The molecule has 0 atom stereocenters. The first kappa shape index (κ1) is 15.4. The maximum absolute atomic E-state index is 11.9. The number of hydrogen-bond donors (Lipinski definition) is 2. The van der Waals surface area contributed by atoms with Gasteiger partial charge in [-0.2, -0.15) is 4.37 Å². The van der Waals surface area contributed by atoms with E-state index in [4.69, 9.17) is 0 Å². The van der Waals surface area contributed by atoms with E-state index in [0.29, 0.717) is 18.7 Å². The molecule has 0 unspecified atom stereocenters. The highest BCUT2D eigenvalue weighted by atomic mass is 32.1. The minimum absolute atomic E-state index is 0.0549. The van der Waals surface area contributed by atoms with Gasteiger partial charge >= 0.3 is 0 Å². The summed E-state index contributed by atoms with van der Waals surface area (Å²) in [5.41, 5.74) is 1.83. The molecule has 5 nitrogen and oxygen atoms in total. The molecule has 0 aliphatic rings. The Morgan fingerprint density at radius 1 is 1.24 bits per heavy atom. The number of aromatic nitrogens is 2. The topological polar surface area (TPSA) is 66.9 Å². The SMILES string of the molecule is CCCc1nsc(NCCNC(=O)c2ccc(C)cc2)n1. The van der Waals surface area contributed by atoms with Crippen molar-refractivity contribution in [3.63, 3.8) is 0 Å².